The van der Waals surface area contributed by atoms with Crippen molar-refractivity contribution in [2.24, 2.45) is 0 Å². The minimum absolute atomic E-state index is 0.0206. The maximum absolute atomic E-state index is 10.7. The van der Waals surface area contributed by atoms with Crippen molar-refractivity contribution in [1.82, 2.24) is 10.2 Å². The molecule has 5 nitrogen and oxygen atoms in total. The van der Waals surface area contributed by atoms with E-state index in [0.29, 0.717) is 5.69 Å². The van der Waals surface area contributed by atoms with Crippen LogP contribution in [0.3, 0.4) is 0 Å². The SMILES string of the molecule is CC(CO)Nc1cn[nH]c(=O)c1. The molecule has 0 aliphatic carbocycles. The Kier molecular flexibility index (Phi) is 2.82. The fraction of sp³-hybridized carbons (Fsp3) is 0.429. The molecule has 0 aromatic carbocycles. The van der Waals surface area contributed by atoms with Crippen LogP contribution >= 0.6 is 0 Å². The van der Waals surface area contributed by atoms with Gasteiger partial charge in [-0.25, -0.2) is 5.10 Å². The van der Waals surface area contributed by atoms with Crippen LogP contribution in [0.1, 0.15) is 6.92 Å². The van der Waals surface area contributed by atoms with Gasteiger partial charge in [0, 0.05) is 12.1 Å². The first kappa shape index (κ1) is 8.73. The van der Waals surface area contributed by atoms with E-state index in [2.05, 4.69) is 15.5 Å². The third kappa shape index (κ3) is 2.35. The Balaban J connectivity index is 2.69. The van der Waals surface area contributed by atoms with Crippen molar-refractivity contribution in [1.29, 1.82) is 0 Å². The highest BCUT2D eigenvalue weighted by Crippen LogP contribution is 2.00. The number of anilines is 1. The maximum Gasteiger partial charge on any atom is 0.266 e. The molecule has 1 unspecified atom stereocenters. The molecule has 1 aromatic rings. The van der Waals surface area contributed by atoms with Crippen molar-refractivity contribution < 1.29 is 5.11 Å². The van der Waals surface area contributed by atoms with E-state index >= 15 is 0 Å². The molecule has 0 bridgehead atoms. The molecule has 0 amide bonds. The van der Waals surface area contributed by atoms with Gasteiger partial charge in [0.15, 0.2) is 0 Å². The summed E-state index contributed by atoms with van der Waals surface area (Å²) in [6.45, 7) is 1.83. The summed E-state index contributed by atoms with van der Waals surface area (Å²) in [6.07, 6.45) is 1.49. The zero-order chi connectivity index (χ0) is 8.97. The topological polar surface area (TPSA) is 78.0 Å². The molecular weight excluding hydrogens is 158 g/mol. The van der Waals surface area contributed by atoms with E-state index in [0.717, 1.165) is 0 Å². The van der Waals surface area contributed by atoms with E-state index in [1.54, 1.807) is 6.92 Å². The monoisotopic (exact) mass is 169 g/mol. The summed E-state index contributed by atoms with van der Waals surface area (Å²) < 4.78 is 0. The second-order valence-corrected chi connectivity index (χ2v) is 2.56. The maximum atomic E-state index is 10.7. The van der Waals surface area contributed by atoms with Crippen LogP contribution in [0.15, 0.2) is 17.1 Å². The van der Waals surface area contributed by atoms with Gasteiger partial charge < -0.3 is 10.4 Å². The van der Waals surface area contributed by atoms with E-state index < -0.39 is 0 Å². The molecule has 1 aromatic heterocycles. The highest BCUT2D eigenvalue weighted by Gasteiger charge is 1.99. The van der Waals surface area contributed by atoms with Crippen LogP contribution in [-0.4, -0.2) is 28.0 Å². The summed E-state index contributed by atoms with van der Waals surface area (Å²) in [5, 5.41) is 17.4. The van der Waals surface area contributed by atoms with Crippen molar-refractivity contribution in [2.75, 3.05) is 11.9 Å². The summed E-state index contributed by atoms with van der Waals surface area (Å²) in [6, 6.07) is 1.31. The molecule has 66 valence electrons. The molecule has 1 heterocycles. The normalized spacial score (nSPS) is 12.5. The zero-order valence-electron chi connectivity index (χ0n) is 6.74. The second-order valence-electron chi connectivity index (χ2n) is 2.56. The molecule has 0 saturated carbocycles. The molecule has 12 heavy (non-hydrogen) atoms. The highest BCUT2D eigenvalue weighted by atomic mass is 16.3. The number of aromatic amines is 1. The fourth-order valence-corrected chi connectivity index (χ4v) is 0.785. The quantitative estimate of drug-likeness (QED) is 0.573. The Bertz CT molecular complexity index is 297. The molecular formula is C7H11N3O2. The van der Waals surface area contributed by atoms with Crippen molar-refractivity contribution in [3.8, 4) is 0 Å². The number of hydrogen-bond donors (Lipinski definition) is 3. The van der Waals surface area contributed by atoms with Gasteiger partial charge in [0.05, 0.1) is 18.5 Å². The molecule has 0 saturated heterocycles. The first-order valence-corrected chi connectivity index (χ1v) is 3.64. The molecule has 3 N–H and O–H groups in total. The lowest BCUT2D eigenvalue weighted by Crippen LogP contribution is -2.20. The van der Waals surface area contributed by atoms with E-state index in [-0.39, 0.29) is 18.2 Å². The predicted octanol–water partition coefficient (Wildman–Crippen LogP) is -0.437. The number of aliphatic hydroxyl groups is 1. The average molecular weight is 169 g/mol. The predicted molar refractivity (Wildman–Crippen MR) is 45.0 cm³/mol. The minimum Gasteiger partial charge on any atom is -0.394 e. The number of aliphatic hydroxyl groups excluding tert-OH is 1. The molecule has 1 atom stereocenters. The largest absolute Gasteiger partial charge is 0.394 e. The lowest BCUT2D eigenvalue weighted by molar-refractivity contribution is 0.281. The summed E-state index contributed by atoms with van der Waals surface area (Å²) in [5.41, 5.74) is 0.352. The number of rotatable bonds is 3. The van der Waals surface area contributed by atoms with E-state index in [1.807, 2.05) is 0 Å². The highest BCUT2D eigenvalue weighted by molar-refractivity contribution is 5.39. The van der Waals surface area contributed by atoms with Crippen molar-refractivity contribution in [2.45, 2.75) is 13.0 Å². The Morgan fingerprint density at radius 1 is 1.83 bits per heavy atom. The van der Waals surface area contributed by atoms with Gasteiger partial charge in [-0.15, -0.1) is 0 Å². The molecule has 0 radical (unpaired) electrons. The molecule has 0 fully saturated rings. The Hall–Kier alpha value is -1.36. The van der Waals surface area contributed by atoms with Crippen molar-refractivity contribution in [3.63, 3.8) is 0 Å². The Morgan fingerprint density at radius 3 is 3.17 bits per heavy atom. The van der Waals surface area contributed by atoms with E-state index in [1.165, 1.54) is 12.3 Å². The summed E-state index contributed by atoms with van der Waals surface area (Å²) >= 11 is 0. The number of hydrogen-bond acceptors (Lipinski definition) is 4. The third-order valence-corrected chi connectivity index (χ3v) is 1.35. The standard InChI is InChI=1S/C7H11N3O2/c1-5(4-11)9-6-2-7(12)10-8-3-6/h2-3,5,11H,4H2,1H3,(H2,9,10,12). The van der Waals surface area contributed by atoms with Gasteiger partial charge in [-0.05, 0) is 6.92 Å². The van der Waals surface area contributed by atoms with Crippen LogP contribution in [0.2, 0.25) is 0 Å². The second kappa shape index (κ2) is 3.87. The van der Waals surface area contributed by atoms with Crippen LogP contribution in [0.4, 0.5) is 5.69 Å². The molecule has 0 spiro atoms. The lowest BCUT2D eigenvalue weighted by Gasteiger charge is -2.10. The number of H-pyrrole nitrogens is 1. The lowest BCUT2D eigenvalue weighted by atomic mass is 10.3. The zero-order valence-corrected chi connectivity index (χ0v) is 6.74. The smallest absolute Gasteiger partial charge is 0.266 e. The van der Waals surface area contributed by atoms with Crippen LogP contribution in [0, 0.1) is 0 Å². The Labute approximate surface area is 69.4 Å². The molecule has 0 aliphatic rings. The van der Waals surface area contributed by atoms with Gasteiger partial charge >= 0.3 is 0 Å². The number of aromatic nitrogens is 2. The van der Waals surface area contributed by atoms with Crippen molar-refractivity contribution >= 4 is 5.69 Å². The third-order valence-electron chi connectivity index (χ3n) is 1.35. The van der Waals surface area contributed by atoms with Gasteiger partial charge in [0.1, 0.15) is 0 Å². The number of nitrogens with one attached hydrogen (secondary N) is 2. The molecule has 0 aliphatic heterocycles. The van der Waals surface area contributed by atoms with E-state index in [9.17, 15) is 4.79 Å². The first-order chi connectivity index (χ1) is 5.72. The first-order valence-electron chi connectivity index (χ1n) is 3.64. The van der Waals surface area contributed by atoms with Gasteiger partial charge in [-0.2, -0.15) is 5.10 Å². The van der Waals surface area contributed by atoms with Gasteiger partial charge in [0.2, 0.25) is 0 Å². The van der Waals surface area contributed by atoms with Gasteiger partial charge in [-0.3, -0.25) is 4.79 Å². The van der Waals surface area contributed by atoms with Crippen LogP contribution in [0.5, 0.6) is 0 Å². The van der Waals surface area contributed by atoms with Crippen molar-refractivity contribution in [3.05, 3.63) is 22.6 Å². The van der Waals surface area contributed by atoms with Crippen LogP contribution in [0.25, 0.3) is 0 Å². The van der Waals surface area contributed by atoms with E-state index in [4.69, 9.17) is 5.11 Å². The fourth-order valence-electron chi connectivity index (χ4n) is 0.785. The minimum atomic E-state index is -0.259. The summed E-state index contributed by atoms with van der Waals surface area (Å²) in [5.74, 6) is 0. The summed E-state index contributed by atoms with van der Waals surface area (Å²) in [7, 11) is 0. The van der Waals surface area contributed by atoms with Crippen LogP contribution < -0.4 is 10.9 Å². The summed E-state index contributed by atoms with van der Waals surface area (Å²) in [4.78, 5) is 10.7. The van der Waals surface area contributed by atoms with Gasteiger partial charge in [-0.1, -0.05) is 0 Å². The van der Waals surface area contributed by atoms with Crippen LogP contribution in [-0.2, 0) is 0 Å². The molecule has 5 heteroatoms. The van der Waals surface area contributed by atoms with Gasteiger partial charge in [0.25, 0.3) is 5.56 Å². The number of nitrogens with zero attached hydrogens (tertiary/aromatic N) is 1. The average Bonchev–Trinajstić information content (AvgIpc) is 2.04. The Morgan fingerprint density at radius 2 is 2.58 bits per heavy atom. The molecule has 1 rings (SSSR count).